The number of carbonyl (C=O) groups excluding carboxylic acids is 2. The zero-order valence-corrected chi connectivity index (χ0v) is 15.3. The van der Waals surface area contributed by atoms with Crippen molar-refractivity contribution in [1.29, 1.82) is 0 Å². The highest BCUT2D eigenvalue weighted by Gasteiger charge is 2.33. The van der Waals surface area contributed by atoms with Gasteiger partial charge >= 0.3 is 12.1 Å². The molecule has 0 aliphatic rings. The molecular formula is C18H26N2O5. The molecule has 0 spiro atoms. The summed E-state index contributed by atoms with van der Waals surface area (Å²) in [5, 5.41) is 11.9. The summed E-state index contributed by atoms with van der Waals surface area (Å²) in [5.41, 5.74) is -0.229. The Morgan fingerprint density at radius 3 is 2.16 bits per heavy atom. The topological polar surface area (TPSA) is 95.9 Å². The lowest BCUT2D eigenvalue weighted by atomic mass is 10.0. The summed E-state index contributed by atoms with van der Waals surface area (Å²) in [5.74, 6) is -1.95. The van der Waals surface area contributed by atoms with Gasteiger partial charge in [-0.3, -0.25) is 9.69 Å². The van der Waals surface area contributed by atoms with Gasteiger partial charge in [0.25, 0.3) is 0 Å². The van der Waals surface area contributed by atoms with Crippen LogP contribution in [0.5, 0.6) is 0 Å². The Morgan fingerprint density at radius 1 is 1.16 bits per heavy atom. The molecule has 0 bridgehead atoms. The number of alkyl carbamates (subject to hydrolysis) is 1. The number of hydrogen-bond acceptors (Lipinski definition) is 4. The molecule has 0 aliphatic carbocycles. The number of anilines is 1. The first-order valence-corrected chi connectivity index (χ1v) is 8.09. The Labute approximate surface area is 148 Å². The number of carboxylic acid groups (broad SMARTS) is 1. The molecule has 0 aliphatic heterocycles. The van der Waals surface area contributed by atoms with Gasteiger partial charge < -0.3 is 15.2 Å². The normalized spacial score (nSPS) is 12.4. The van der Waals surface area contributed by atoms with Gasteiger partial charge in [-0.05, 0) is 38.8 Å². The Bertz CT molecular complexity index is 608. The molecule has 0 unspecified atom stereocenters. The highest BCUT2D eigenvalue weighted by atomic mass is 16.6. The van der Waals surface area contributed by atoms with E-state index in [1.54, 1.807) is 65.0 Å². The molecule has 0 saturated heterocycles. The Balaban J connectivity index is 2.98. The molecule has 1 aromatic carbocycles. The first-order valence-electron chi connectivity index (χ1n) is 8.09. The van der Waals surface area contributed by atoms with Crippen molar-refractivity contribution in [1.82, 2.24) is 5.32 Å². The van der Waals surface area contributed by atoms with Gasteiger partial charge in [0.2, 0.25) is 5.91 Å². The standard InChI is InChI=1S/C18H26N2O5/c1-12(2)15(16(22)23)20(13-9-7-6-8-10-13)14(21)11-19-17(24)25-18(3,4)5/h6-10,12,15H,11H2,1-5H3,(H,19,24)(H,22,23)/t15-/m0/s1. The van der Waals surface area contributed by atoms with E-state index in [9.17, 15) is 19.5 Å². The summed E-state index contributed by atoms with van der Waals surface area (Å²) < 4.78 is 5.09. The number of nitrogens with one attached hydrogen (secondary N) is 1. The molecular weight excluding hydrogens is 324 g/mol. The molecule has 1 aromatic rings. The van der Waals surface area contributed by atoms with Crippen molar-refractivity contribution < 1.29 is 24.2 Å². The van der Waals surface area contributed by atoms with Crippen molar-refractivity contribution in [2.24, 2.45) is 5.92 Å². The van der Waals surface area contributed by atoms with Gasteiger partial charge in [0, 0.05) is 5.69 Å². The molecule has 0 fully saturated rings. The largest absolute Gasteiger partial charge is 0.480 e. The molecule has 25 heavy (non-hydrogen) atoms. The van der Waals surface area contributed by atoms with Gasteiger partial charge in [-0.25, -0.2) is 9.59 Å². The van der Waals surface area contributed by atoms with Crippen LogP contribution in [-0.2, 0) is 14.3 Å². The lowest BCUT2D eigenvalue weighted by Gasteiger charge is -2.31. The van der Waals surface area contributed by atoms with E-state index in [-0.39, 0.29) is 12.5 Å². The number of benzene rings is 1. The smallest absolute Gasteiger partial charge is 0.408 e. The molecule has 0 radical (unpaired) electrons. The van der Waals surface area contributed by atoms with Gasteiger partial charge in [0.15, 0.2) is 0 Å². The summed E-state index contributed by atoms with van der Waals surface area (Å²) in [6, 6.07) is 7.48. The fraction of sp³-hybridized carbons (Fsp3) is 0.500. The van der Waals surface area contributed by atoms with E-state index < -0.39 is 29.6 Å². The van der Waals surface area contributed by atoms with E-state index in [1.807, 2.05) is 0 Å². The third kappa shape index (κ3) is 6.45. The second-order valence-electron chi connectivity index (χ2n) is 6.98. The molecule has 1 atom stereocenters. The van der Waals surface area contributed by atoms with Crippen LogP contribution in [0.15, 0.2) is 30.3 Å². The van der Waals surface area contributed by atoms with Crippen molar-refractivity contribution in [3.63, 3.8) is 0 Å². The van der Waals surface area contributed by atoms with Gasteiger partial charge in [-0.1, -0.05) is 32.0 Å². The maximum Gasteiger partial charge on any atom is 0.408 e. The quantitative estimate of drug-likeness (QED) is 0.822. The molecule has 2 N–H and O–H groups in total. The van der Waals surface area contributed by atoms with Crippen LogP contribution in [0.25, 0.3) is 0 Å². The van der Waals surface area contributed by atoms with E-state index in [0.29, 0.717) is 5.69 Å². The number of amides is 2. The first-order chi connectivity index (χ1) is 11.5. The Morgan fingerprint density at radius 2 is 1.72 bits per heavy atom. The van der Waals surface area contributed by atoms with Crippen molar-refractivity contribution >= 4 is 23.7 Å². The van der Waals surface area contributed by atoms with E-state index in [4.69, 9.17) is 4.74 Å². The molecule has 1 rings (SSSR count). The zero-order chi connectivity index (χ0) is 19.2. The van der Waals surface area contributed by atoms with Crippen LogP contribution >= 0.6 is 0 Å². The average Bonchev–Trinajstić information content (AvgIpc) is 2.48. The van der Waals surface area contributed by atoms with E-state index in [1.165, 1.54) is 4.90 Å². The number of nitrogens with zero attached hydrogens (tertiary/aromatic N) is 1. The van der Waals surface area contributed by atoms with Crippen LogP contribution in [0.1, 0.15) is 34.6 Å². The van der Waals surface area contributed by atoms with Gasteiger partial charge in [-0.2, -0.15) is 0 Å². The zero-order valence-electron chi connectivity index (χ0n) is 15.3. The van der Waals surface area contributed by atoms with E-state index in [2.05, 4.69) is 5.32 Å². The molecule has 7 heteroatoms. The van der Waals surface area contributed by atoms with E-state index >= 15 is 0 Å². The minimum Gasteiger partial charge on any atom is -0.480 e. The van der Waals surface area contributed by atoms with Crippen molar-refractivity contribution in [3.8, 4) is 0 Å². The van der Waals surface area contributed by atoms with E-state index in [0.717, 1.165) is 0 Å². The summed E-state index contributed by atoms with van der Waals surface area (Å²) in [6.07, 6.45) is -0.731. The number of aliphatic carboxylic acids is 1. The van der Waals surface area contributed by atoms with Crippen molar-refractivity contribution in [2.75, 3.05) is 11.4 Å². The number of carbonyl (C=O) groups is 3. The maximum absolute atomic E-state index is 12.7. The SMILES string of the molecule is CC(C)[C@@H](C(=O)O)N(C(=O)CNC(=O)OC(C)(C)C)c1ccccc1. The van der Waals surface area contributed by atoms with Crippen LogP contribution in [0.4, 0.5) is 10.5 Å². The van der Waals surface area contributed by atoms with Gasteiger partial charge in [0.05, 0.1) is 0 Å². The first kappa shape index (κ1) is 20.5. The minimum atomic E-state index is -1.11. The average molecular weight is 350 g/mol. The van der Waals surface area contributed by atoms with Crippen molar-refractivity contribution in [3.05, 3.63) is 30.3 Å². The van der Waals surface area contributed by atoms with Gasteiger partial charge in [-0.15, -0.1) is 0 Å². The van der Waals surface area contributed by atoms with Gasteiger partial charge in [0.1, 0.15) is 18.2 Å². The fourth-order valence-corrected chi connectivity index (χ4v) is 2.29. The fourth-order valence-electron chi connectivity index (χ4n) is 2.29. The third-order valence-corrected chi connectivity index (χ3v) is 3.25. The third-order valence-electron chi connectivity index (χ3n) is 3.25. The predicted octanol–water partition coefficient (Wildman–Crippen LogP) is 2.65. The highest BCUT2D eigenvalue weighted by Crippen LogP contribution is 2.21. The molecule has 7 nitrogen and oxygen atoms in total. The summed E-state index contributed by atoms with van der Waals surface area (Å²) in [4.78, 5) is 37.3. The lowest BCUT2D eigenvalue weighted by molar-refractivity contribution is -0.141. The second-order valence-corrected chi connectivity index (χ2v) is 6.98. The Hall–Kier alpha value is -2.57. The maximum atomic E-state index is 12.7. The lowest BCUT2D eigenvalue weighted by Crippen LogP contribution is -2.52. The molecule has 2 amide bonds. The van der Waals surface area contributed by atoms with Crippen molar-refractivity contribution in [2.45, 2.75) is 46.3 Å². The molecule has 0 saturated carbocycles. The van der Waals surface area contributed by atoms with Crippen LogP contribution in [0.2, 0.25) is 0 Å². The second kappa shape index (κ2) is 8.50. The minimum absolute atomic E-state index is 0.316. The summed E-state index contributed by atoms with van der Waals surface area (Å²) in [7, 11) is 0. The highest BCUT2D eigenvalue weighted by molar-refractivity contribution is 6.01. The molecule has 138 valence electrons. The van der Waals surface area contributed by atoms with Crippen LogP contribution in [0.3, 0.4) is 0 Å². The monoisotopic (exact) mass is 350 g/mol. The summed E-state index contributed by atoms with van der Waals surface area (Å²) in [6.45, 7) is 8.23. The van der Waals surface area contributed by atoms with Crippen LogP contribution < -0.4 is 10.2 Å². The number of para-hydroxylation sites is 1. The van der Waals surface area contributed by atoms with Crippen LogP contribution in [-0.4, -0.2) is 41.3 Å². The number of rotatable bonds is 6. The summed E-state index contributed by atoms with van der Waals surface area (Å²) >= 11 is 0. The van der Waals surface area contributed by atoms with Crippen LogP contribution in [0, 0.1) is 5.92 Å². The molecule has 0 heterocycles. The number of ether oxygens (including phenoxy) is 1. The predicted molar refractivity (Wildman–Crippen MR) is 94.4 cm³/mol. The number of carboxylic acids is 1. The Kier molecular flexibility index (Phi) is 6.97. The molecule has 0 aromatic heterocycles. The number of hydrogen-bond donors (Lipinski definition) is 2.